The van der Waals surface area contributed by atoms with Gasteiger partial charge in [0.25, 0.3) is 0 Å². The second-order valence-corrected chi connectivity index (χ2v) is 13.2. The van der Waals surface area contributed by atoms with Gasteiger partial charge in [0.05, 0.1) is 23.4 Å². The van der Waals surface area contributed by atoms with Crippen LogP contribution in [0.5, 0.6) is 11.5 Å². The van der Waals surface area contributed by atoms with Crippen molar-refractivity contribution in [2.24, 2.45) is 0 Å². The van der Waals surface area contributed by atoms with Crippen LogP contribution < -0.4 is 4.74 Å². The van der Waals surface area contributed by atoms with Crippen LogP contribution in [0.3, 0.4) is 0 Å². The number of hydrogen-bond donors (Lipinski definition) is 0. The molecule has 0 N–H and O–H groups in total. The average Bonchev–Trinajstić information content (AvgIpc) is 3.51. The van der Waals surface area contributed by atoms with Gasteiger partial charge in [0.2, 0.25) is 0 Å². The van der Waals surface area contributed by atoms with Gasteiger partial charge in [-0.3, -0.25) is 0 Å². The average molecular weight is 664 g/mol. The fourth-order valence-electron chi connectivity index (χ4n) is 8.04. The van der Waals surface area contributed by atoms with Gasteiger partial charge in [-0.2, -0.15) is 0 Å². The Morgan fingerprint density at radius 2 is 1.00 bits per heavy atom. The lowest BCUT2D eigenvalue weighted by molar-refractivity contribution is 0.436. The van der Waals surface area contributed by atoms with E-state index in [4.69, 9.17) is 21.3 Å². The highest BCUT2D eigenvalue weighted by Crippen LogP contribution is 2.62. The van der Waals surface area contributed by atoms with Crippen molar-refractivity contribution in [3.8, 4) is 67.7 Å². The quantitative estimate of drug-likeness (QED) is 0.176. The zero-order valence-electron chi connectivity index (χ0n) is 28.0. The number of hydrogen-bond acceptors (Lipinski definition) is 3. The predicted octanol–water partition coefficient (Wildman–Crippen LogP) is 12.2. The summed E-state index contributed by atoms with van der Waals surface area (Å²) in [5.41, 5.74) is 13.8. The van der Waals surface area contributed by atoms with Gasteiger partial charge in [-0.05, 0) is 63.7 Å². The number of aromatic nitrogens is 2. The molecule has 242 valence electrons. The number of fused-ring (bicyclic) bond motifs is 9. The van der Waals surface area contributed by atoms with Crippen LogP contribution in [-0.4, -0.2) is 9.97 Å². The van der Waals surface area contributed by atoms with E-state index in [0.29, 0.717) is 11.5 Å². The van der Waals surface area contributed by atoms with Crippen LogP contribution in [0.2, 0.25) is 0 Å². The molecule has 52 heavy (non-hydrogen) atoms. The summed E-state index contributed by atoms with van der Waals surface area (Å²) in [5.74, 6) is 2.29. The van der Waals surface area contributed by atoms with Gasteiger partial charge < -0.3 is 4.74 Å². The molecule has 2 aliphatic rings. The summed E-state index contributed by atoms with van der Waals surface area (Å²) >= 11 is 0. The Bertz CT molecular complexity index is 2660. The Morgan fingerprint density at radius 3 is 1.71 bits per heavy atom. The predicted molar refractivity (Wildman–Crippen MR) is 207 cm³/mol. The molecule has 1 aliphatic carbocycles. The number of rotatable bonds is 4. The summed E-state index contributed by atoms with van der Waals surface area (Å²) in [5, 5.41) is 0. The molecule has 10 rings (SSSR count). The second kappa shape index (κ2) is 11.8. The normalized spacial score (nSPS) is 14.8. The van der Waals surface area contributed by atoms with Crippen molar-refractivity contribution >= 4 is 5.69 Å². The Labute approximate surface area is 302 Å². The summed E-state index contributed by atoms with van der Waals surface area (Å²) in [6, 6.07) is 60.7. The molecular weight excluding hydrogens is 635 g/mol. The molecule has 0 bridgehead atoms. The number of ether oxygens (including phenoxy) is 1. The smallest absolute Gasteiger partial charge is 0.187 e. The van der Waals surface area contributed by atoms with E-state index >= 15 is 0 Å². The third kappa shape index (κ3) is 4.54. The van der Waals surface area contributed by atoms with E-state index in [1.165, 1.54) is 22.3 Å². The van der Waals surface area contributed by atoms with Crippen molar-refractivity contribution in [3.05, 3.63) is 210 Å². The standard InChI is InChI=1S/C48H29N3O/c1-49-36-25-27-46-42(29-36)48(40-18-10-11-19-45(40)52-46)39-17-9-8-16-37(39)38-26-24-35(28-41(38)48)31-20-22-34(23-21-31)47-50-43(32-12-4-2-5-13-32)30-44(51-47)33-14-6-3-7-15-33/h2-30H. The molecule has 7 aromatic carbocycles. The zero-order valence-corrected chi connectivity index (χ0v) is 28.0. The molecule has 1 aliphatic heterocycles. The maximum atomic E-state index is 7.87. The van der Waals surface area contributed by atoms with Crippen LogP contribution in [0, 0.1) is 6.57 Å². The van der Waals surface area contributed by atoms with Crippen LogP contribution in [0.4, 0.5) is 5.69 Å². The summed E-state index contributed by atoms with van der Waals surface area (Å²) in [6.45, 7) is 7.87. The molecule has 1 unspecified atom stereocenters. The molecule has 8 aromatic rings. The Hall–Kier alpha value is -7.09. The fourth-order valence-corrected chi connectivity index (χ4v) is 8.04. The molecule has 0 radical (unpaired) electrons. The summed E-state index contributed by atoms with van der Waals surface area (Å²) in [6.07, 6.45) is 0. The molecule has 4 nitrogen and oxygen atoms in total. The Kier molecular flexibility index (Phi) is 6.74. The lowest BCUT2D eigenvalue weighted by atomic mass is 9.66. The Morgan fingerprint density at radius 1 is 0.423 bits per heavy atom. The van der Waals surface area contributed by atoms with E-state index in [0.717, 1.165) is 61.8 Å². The van der Waals surface area contributed by atoms with Crippen molar-refractivity contribution in [2.75, 3.05) is 0 Å². The molecule has 0 saturated heterocycles. The highest BCUT2D eigenvalue weighted by molar-refractivity contribution is 5.90. The van der Waals surface area contributed by atoms with Gasteiger partial charge in [-0.1, -0.05) is 146 Å². The topological polar surface area (TPSA) is 39.4 Å². The van der Waals surface area contributed by atoms with Crippen molar-refractivity contribution in [1.29, 1.82) is 0 Å². The zero-order chi connectivity index (χ0) is 34.6. The van der Waals surface area contributed by atoms with Gasteiger partial charge >= 0.3 is 0 Å². The van der Waals surface area contributed by atoms with Crippen LogP contribution in [0.1, 0.15) is 22.3 Å². The van der Waals surface area contributed by atoms with Crippen LogP contribution in [0.15, 0.2) is 176 Å². The first-order valence-corrected chi connectivity index (χ1v) is 17.4. The van der Waals surface area contributed by atoms with Crippen molar-refractivity contribution in [3.63, 3.8) is 0 Å². The van der Waals surface area contributed by atoms with E-state index in [9.17, 15) is 0 Å². The van der Waals surface area contributed by atoms with E-state index in [1.807, 2.05) is 66.7 Å². The molecule has 2 heterocycles. The molecule has 1 spiro atoms. The van der Waals surface area contributed by atoms with Gasteiger partial charge in [0, 0.05) is 27.8 Å². The van der Waals surface area contributed by atoms with E-state index in [2.05, 4.69) is 114 Å². The molecular formula is C48H29N3O. The minimum absolute atomic E-state index is 0.591. The van der Waals surface area contributed by atoms with Gasteiger partial charge in [0.15, 0.2) is 11.5 Å². The van der Waals surface area contributed by atoms with Crippen molar-refractivity contribution < 1.29 is 4.74 Å². The lowest BCUT2D eigenvalue weighted by Crippen LogP contribution is -2.32. The monoisotopic (exact) mass is 663 g/mol. The lowest BCUT2D eigenvalue weighted by Gasteiger charge is -2.39. The minimum atomic E-state index is -0.647. The molecule has 0 saturated carbocycles. The SMILES string of the molecule is [C-]#[N+]c1ccc2c(c1)C1(c3ccccc3O2)c2ccccc2-c2ccc(-c3ccc(-c4nc(-c5ccccc5)cc(-c5ccccc5)n4)cc3)cc21. The largest absolute Gasteiger partial charge is 0.457 e. The fraction of sp³-hybridized carbons (Fsp3) is 0.0208. The molecule has 1 atom stereocenters. The third-order valence-electron chi connectivity index (χ3n) is 10.4. The van der Waals surface area contributed by atoms with Crippen molar-refractivity contribution in [2.45, 2.75) is 5.41 Å². The maximum absolute atomic E-state index is 7.87. The van der Waals surface area contributed by atoms with E-state index in [-0.39, 0.29) is 0 Å². The molecule has 0 fully saturated rings. The second-order valence-electron chi connectivity index (χ2n) is 13.2. The number of para-hydroxylation sites is 1. The minimum Gasteiger partial charge on any atom is -0.457 e. The first kappa shape index (κ1) is 29.8. The molecule has 0 amide bonds. The number of benzene rings is 7. The van der Waals surface area contributed by atoms with E-state index < -0.39 is 5.41 Å². The highest BCUT2D eigenvalue weighted by Gasteiger charge is 2.51. The van der Waals surface area contributed by atoms with Crippen LogP contribution in [-0.2, 0) is 5.41 Å². The maximum Gasteiger partial charge on any atom is 0.187 e. The Balaban J connectivity index is 1.12. The first-order valence-electron chi connectivity index (χ1n) is 17.4. The summed E-state index contributed by atoms with van der Waals surface area (Å²) in [7, 11) is 0. The van der Waals surface area contributed by atoms with Gasteiger partial charge in [-0.25, -0.2) is 14.8 Å². The molecule has 4 heteroatoms. The van der Waals surface area contributed by atoms with Gasteiger partial charge in [-0.15, -0.1) is 0 Å². The van der Waals surface area contributed by atoms with Crippen LogP contribution in [0.25, 0.3) is 61.0 Å². The third-order valence-corrected chi connectivity index (χ3v) is 10.4. The summed E-state index contributed by atoms with van der Waals surface area (Å²) < 4.78 is 6.52. The number of nitrogens with zero attached hydrogens (tertiary/aromatic N) is 3. The van der Waals surface area contributed by atoms with Crippen LogP contribution >= 0.6 is 0 Å². The summed E-state index contributed by atoms with van der Waals surface area (Å²) in [4.78, 5) is 13.9. The molecule has 1 aromatic heterocycles. The van der Waals surface area contributed by atoms with E-state index in [1.54, 1.807) is 0 Å². The van der Waals surface area contributed by atoms with Crippen molar-refractivity contribution in [1.82, 2.24) is 9.97 Å². The first-order chi connectivity index (χ1) is 25.7. The highest BCUT2D eigenvalue weighted by atomic mass is 16.5. The van der Waals surface area contributed by atoms with Gasteiger partial charge in [0.1, 0.15) is 11.5 Å².